The zero-order valence-corrected chi connectivity index (χ0v) is 18.3. The highest BCUT2D eigenvalue weighted by Crippen LogP contribution is 2.42. The number of hydrogen-bond acceptors (Lipinski definition) is 6. The largest absolute Gasteiger partial charge is 0.495 e. The van der Waals surface area contributed by atoms with Crippen LogP contribution in [0, 0.1) is 5.82 Å². The van der Waals surface area contributed by atoms with Gasteiger partial charge in [-0.25, -0.2) is 14.4 Å². The van der Waals surface area contributed by atoms with Crippen LogP contribution in [0.5, 0.6) is 5.75 Å². The molecule has 4 rings (SSSR count). The molecule has 3 aromatic rings. The molecule has 0 bridgehead atoms. The van der Waals surface area contributed by atoms with E-state index in [-0.39, 0.29) is 24.3 Å². The van der Waals surface area contributed by atoms with Crippen LogP contribution in [-0.4, -0.2) is 36.3 Å². The summed E-state index contributed by atoms with van der Waals surface area (Å²) < 4.78 is 25.4. The number of ether oxygens (including phenoxy) is 2. The van der Waals surface area contributed by atoms with E-state index in [4.69, 9.17) is 48.3 Å². The lowest BCUT2D eigenvalue weighted by molar-refractivity contribution is -0.122. The molecule has 0 amide bonds. The summed E-state index contributed by atoms with van der Waals surface area (Å²) in [5, 5.41) is 7.51. The molecule has 0 fully saturated rings. The number of pyridine rings is 1. The van der Waals surface area contributed by atoms with Gasteiger partial charge in [0.15, 0.2) is 5.54 Å². The number of aromatic nitrogens is 1. The van der Waals surface area contributed by atoms with E-state index in [0.717, 1.165) is 5.56 Å². The van der Waals surface area contributed by atoms with Crippen molar-refractivity contribution < 1.29 is 23.8 Å². The number of nitrogens with two attached hydrogens (primary N) is 1. The average Bonchev–Trinajstić information content (AvgIpc) is 3.18. The molecule has 0 aliphatic carbocycles. The van der Waals surface area contributed by atoms with Gasteiger partial charge in [0.1, 0.15) is 23.3 Å². The minimum Gasteiger partial charge on any atom is -0.495 e. The first-order valence-corrected chi connectivity index (χ1v) is 9.92. The second-order valence-corrected chi connectivity index (χ2v) is 7.36. The monoisotopic (exact) mass is 477 g/mol. The molecule has 1 aromatic heterocycles. The van der Waals surface area contributed by atoms with Crippen molar-refractivity contribution in [2.45, 2.75) is 5.54 Å². The summed E-state index contributed by atoms with van der Waals surface area (Å²) in [4.78, 5) is 16.9. The van der Waals surface area contributed by atoms with Crippen molar-refractivity contribution in [3.05, 3.63) is 81.8 Å². The highest BCUT2D eigenvalue weighted by Gasteiger charge is 2.41. The minimum absolute atomic E-state index is 0.0437. The lowest BCUT2D eigenvalue weighted by Gasteiger charge is -2.26. The van der Waals surface area contributed by atoms with Crippen LogP contribution in [0.4, 0.5) is 4.39 Å². The Morgan fingerprint density at radius 2 is 1.88 bits per heavy atom. The molecule has 7 nitrogen and oxygen atoms in total. The predicted octanol–water partition coefficient (Wildman–Crippen LogP) is 4.49. The van der Waals surface area contributed by atoms with Crippen LogP contribution in [0.3, 0.4) is 0 Å². The first kappa shape index (κ1) is 23.3. The summed E-state index contributed by atoms with van der Waals surface area (Å²) in [6, 6.07) is 13.5. The van der Waals surface area contributed by atoms with E-state index in [0.29, 0.717) is 27.5 Å². The van der Waals surface area contributed by atoms with Gasteiger partial charge in [0.2, 0.25) is 0 Å². The predicted molar refractivity (Wildman–Crippen MR) is 120 cm³/mol. The SMILES string of the molecule is COc1ccc(C2(c3ccc(F)c(-c4cccnc4Cl)c3)COC(N)=N2)cc1Cl.O=CO. The molecule has 1 aliphatic rings. The van der Waals surface area contributed by atoms with Crippen LogP contribution in [0.2, 0.25) is 10.2 Å². The molecule has 0 saturated carbocycles. The average molecular weight is 478 g/mol. The molecule has 166 valence electrons. The van der Waals surface area contributed by atoms with Gasteiger partial charge < -0.3 is 20.3 Å². The molecule has 32 heavy (non-hydrogen) atoms. The van der Waals surface area contributed by atoms with Crippen LogP contribution < -0.4 is 10.5 Å². The lowest BCUT2D eigenvalue weighted by Crippen LogP contribution is -2.27. The van der Waals surface area contributed by atoms with Gasteiger partial charge in [-0.2, -0.15) is 0 Å². The van der Waals surface area contributed by atoms with Gasteiger partial charge in [-0.15, -0.1) is 0 Å². The van der Waals surface area contributed by atoms with Crippen molar-refractivity contribution in [1.82, 2.24) is 4.98 Å². The maximum absolute atomic E-state index is 14.7. The molecule has 1 atom stereocenters. The Bertz CT molecular complexity index is 1180. The van der Waals surface area contributed by atoms with Gasteiger partial charge in [-0.3, -0.25) is 4.79 Å². The Kier molecular flexibility index (Phi) is 7.17. The van der Waals surface area contributed by atoms with E-state index in [9.17, 15) is 4.39 Å². The Hall–Kier alpha value is -3.36. The highest BCUT2D eigenvalue weighted by molar-refractivity contribution is 6.32. The molecule has 10 heteroatoms. The standard InChI is InChI=1S/C21H16Cl2FN3O2.CH2O2/c1-28-18-7-5-13(10-16(18)22)21(11-29-20(25)27-21)12-4-6-17(24)15(9-12)14-3-2-8-26-19(14)23;2-1-3/h2-10H,11H2,1H3,(H2,25,27);1H,(H,2,3). The molecule has 2 heterocycles. The number of nitrogens with zero attached hydrogens (tertiary/aromatic N) is 2. The van der Waals surface area contributed by atoms with Crippen LogP contribution in [0.25, 0.3) is 11.1 Å². The molecule has 3 N–H and O–H groups in total. The fraction of sp³-hybridized carbons (Fsp3) is 0.136. The summed E-state index contributed by atoms with van der Waals surface area (Å²) in [5.74, 6) is 0.103. The van der Waals surface area contributed by atoms with Crippen molar-refractivity contribution in [3.8, 4) is 16.9 Å². The van der Waals surface area contributed by atoms with Crippen molar-refractivity contribution in [2.75, 3.05) is 13.7 Å². The summed E-state index contributed by atoms with van der Waals surface area (Å²) in [6.45, 7) is -0.104. The number of carboxylic acid groups (broad SMARTS) is 1. The maximum atomic E-state index is 14.7. The van der Waals surface area contributed by atoms with Crippen molar-refractivity contribution >= 4 is 35.7 Å². The van der Waals surface area contributed by atoms with E-state index < -0.39 is 11.4 Å². The quantitative estimate of drug-likeness (QED) is 0.423. The van der Waals surface area contributed by atoms with Crippen molar-refractivity contribution in [2.24, 2.45) is 10.7 Å². The van der Waals surface area contributed by atoms with Crippen molar-refractivity contribution in [1.29, 1.82) is 0 Å². The zero-order chi connectivity index (χ0) is 23.3. The molecule has 0 spiro atoms. The first-order chi connectivity index (χ1) is 15.4. The fourth-order valence-electron chi connectivity index (χ4n) is 3.39. The Morgan fingerprint density at radius 3 is 2.47 bits per heavy atom. The number of rotatable bonds is 4. The topological polar surface area (TPSA) is 107 Å². The van der Waals surface area contributed by atoms with Gasteiger partial charge >= 0.3 is 0 Å². The van der Waals surface area contributed by atoms with Crippen molar-refractivity contribution in [3.63, 3.8) is 0 Å². The van der Waals surface area contributed by atoms with E-state index in [2.05, 4.69) is 9.98 Å². The molecule has 0 saturated heterocycles. The Balaban J connectivity index is 0.000000913. The van der Waals surface area contributed by atoms with Gasteiger partial charge in [0.25, 0.3) is 12.5 Å². The van der Waals surface area contributed by atoms with Crippen LogP contribution in [0.1, 0.15) is 11.1 Å². The van der Waals surface area contributed by atoms with Crippen LogP contribution in [-0.2, 0) is 15.1 Å². The third-order valence-corrected chi connectivity index (χ3v) is 5.45. The van der Waals surface area contributed by atoms with Gasteiger partial charge in [-0.05, 0) is 47.5 Å². The molecule has 2 aromatic carbocycles. The van der Waals surface area contributed by atoms with Gasteiger partial charge in [-0.1, -0.05) is 35.3 Å². The smallest absolute Gasteiger partial charge is 0.290 e. The molecule has 1 aliphatic heterocycles. The Labute approximate surface area is 193 Å². The molecule has 1 unspecified atom stereocenters. The number of benzene rings is 2. The first-order valence-electron chi connectivity index (χ1n) is 9.17. The van der Waals surface area contributed by atoms with Gasteiger partial charge in [0, 0.05) is 17.3 Å². The summed E-state index contributed by atoms with van der Waals surface area (Å²) in [6.07, 6.45) is 1.55. The number of halogens is 3. The number of carbonyl (C=O) groups is 1. The second kappa shape index (κ2) is 9.84. The van der Waals surface area contributed by atoms with Gasteiger partial charge in [0.05, 0.1) is 12.1 Å². The molecular formula is C22H18Cl2FN3O4. The van der Waals surface area contributed by atoms with Crippen LogP contribution in [0.15, 0.2) is 59.7 Å². The highest BCUT2D eigenvalue weighted by atomic mass is 35.5. The third-order valence-electron chi connectivity index (χ3n) is 4.85. The number of amidine groups is 1. The number of hydrogen-bond donors (Lipinski definition) is 2. The van der Waals surface area contributed by atoms with E-state index in [1.807, 2.05) is 6.07 Å². The molecular weight excluding hydrogens is 460 g/mol. The van der Waals surface area contributed by atoms with Crippen LogP contribution >= 0.6 is 23.2 Å². The summed E-state index contributed by atoms with van der Waals surface area (Å²) >= 11 is 12.5. The Morgan fingerprint density at radius 1 is 1.19 bits per heavy atom. The fourth-order valence-corrected chi connectivity index (χ4v) is 3.87. The number of methoxy groups -OCH3 is 1. The lowest BCUT2D eigenvalue weighted by atomic mass is 9.83. The van der Waals surface area contributed by atoms with E-state index >= 15 is 0 Å². The summed E-state index contributed by atoms with van der Waals surface area (Å²) in [7, 11) is 1.54. The maximum Gasteiger partial charge on any atom is 0.290 e. The molecule has 0 radical (unpaired) electrons. The number of aliphatic imine (C=N–C) groups is 1. The zero-order valence-electron chi connectivity index (χ0n) is 16.8. The second-order valence-electron chi connectivity index (χ2n) is 6.59. The third kappa shape index (κ3) is 4.46. The summed E-state index contributed by atoms with van der Waals surface area (Å²) in [5.41, 5.74) is 7.05. The van der Waals surface area contributed by atoms with E-state index in [1.54, 1.807) is 42.6 Å². The minimum atomic E-state index is -0.989. The van der Waals surface area contributed by atoms with E-state index in [1.165, 1.54) is 13.2 Å². The normalized spacial score (nSPS) is 16.9.